The van der Waals surface area contributed by atoms with Gasteiger partial charge in [-0.2, -0.15) is 0 Å². The smallest absolute Gasteiger partial charge is 0.244 e. The number of carbonyl (C=O) groups excluding carboxylic acids is 2. The second-order valence-corrected chi connectivity index (χ2v) is 10.6. The van der Waals surface area contributed by atoms with E-state index in [1.807, 2.05) is 52.0 Å². The van der Waals surface area contributed by atoms with Crippen LogP contribution in [0.4, 0.5) is 5.69 Å². The Balaban J connectivity index is 2.48. The summed E-state index contributed by atoms with van der Waals surface area (Å²) in [5.41, 5.74) is 2.93. The maximum atomic E-state index is 13.6. The number of hydrogen-bond acceptors (Lipinski definition) is 5. The molecule has 0 unspecified atom stereocenters. The fourth-order valence-corrected chi connectivity index (χ4v) is 4.39. The van der Waals surface area contributed by atoms with E-state index in [-0.39, 0.29) is 24.2 Å². The Labute approximate surface area is 202 Å². The van der Waals surface area contributed by atoms with Gasteiger partial charge in [-0.15, -0.1) is 0 Å². The Hall–Kier alpha value is -3.07. The summed E-state index contributed by atoms with van der Waals surface area (Å²) in [4.78, 5) is 27.8. The number of benzene rings is 2. The summed E-state index contributed by atoms with van der Waals surface area (Å²) >= 11 is 0. The average Bonchev–Trinajstić information content (AvgIpc) is 2.75. The third-order valence-electron chi connectivity index (χ3n) is 5.48. The van der Waals surface area contributed by atoms with Gasteiger partial charge in [0.1, 0.15) is 18.3 Å². The second-order valence-electron chi connectivity index (χ2n) is 8.73. The molecule has 1 N–H and O–H groups in total. The predicted octanol–water partition coefficient (Wildman–Crippen LogP) is 3.02. The molecule has 34 heavy (non-hydrogen) atoms. The van der Waals surface area contributed by atoms with Crippen molar-refractivity contribution in [2.24, 2.45) is 0 Å². The molecule has 0 fully saturated rings. The van der Waals surface area contributed by atoms with E-state index >= 15 is 0 Å². The molecule has 2 aromatic rings. The van der Waals surface area contributed by atoms with Crippen LogP contribution in [0.3, 0.4) is 0 Å². The molecular weight excluding hydrogens is 454 g/mol. The van der Waals surface area contributed by atoms with Gasteiger partial charge in [-0.3, -0.25) is 13.9 Å². The summed E-state index contributed by atoms with van der Waals surface area (Å²) in [6.45, 7) is 8.78. The molecule has 186 valence electrons. The van der Waals surface area contributed by atoms with Crippen molar-refractivity contribution in [3.05, 3.63) is 59.2 Å². The molecule has 0 aromatic heterocycles. The summed E-state index contributed by atoms with van der Waals surface area (Å²) in [6.07, 6.45) is 1.04. The van der Waals surface area contributed by atoms with Crippen LogP contribution in [0.1, 0.15) is 37.5 Å². The lowest BCUT2D eigenvalue weighted by atomic mass is 10.1. The zero-order chi connectivity index (χ0) is 25.6. The van der Waals surface area contributed by atoms with Crippen molar-refractivity contribution < 1.29 is 22.7 Å². The molecular formula is C25H35N3O5S. The number of anilines is 1. The third-order valence-corrected chi connectivity index (χ3v) is 6.61. The maximum absolute atomic E-state index is 13.6. The van der Waals surface area contributed by atoms with Crippen molar-refractivity contribution in [3.63, 3.8) is 0 Å². The van der Waals surface area contributed by atoms with Crippen molar-refractivity contribution in [3.8, 4) is 5.75 Å². The number of methoxy groups -OCH3 is 1. The van der Waals surface area contributed by atoms with Gasteiger partial charge in [-0.05, 0) is 63.4 Å². The van der Waals surface area contributed by atoms with Gasteiger partial charge in [0.15, 0.2) is 0 Å². The monoisotopic (exact) mass is 489 g/mol. The first-order valence-electron chi connectivity index (χ1n) is 11.1. The van der Waals surface area contributed by atoms with E-state index in [4.69, 9.17) is 4.74 Å². The number of sulfonamides is 1. The highest BCUT2D eigenvalue weighted by Crippen LogP contribution is 2.31. The molecule has 2 amide bonds. The fraction of sp³-hybridized carbons (Fsp3) is 0.440. The largest absolute Gasteiger partial charge is 0.495 e. The van der Waals surface area contributed by atoms with Gasteiger partial charge >= 0.3 is 0 Å². The lowest BCUT2D eigenvalue weighted by Crippen LogP contribution is -2.52. The summed E-state index contributed by atoms with van der Waals surface area (Å²) in [5, 5.41) is 2.83. The fourth-order valence-electron chi connectivity index (χ4n) is 3.55. The quantitative estimate of drug-likeness (QED) is 0.554. The highest BCUT2D eigenvalue weighted by Gasteiger charge is 2.31. The van der Waals surface area contributed by atoms with Gasteiger partial charge in [0.25, 0.3) is 0 Å². The number of carbonyl (C=O) groups is 2. The highest BCUT2D eigenvalue weighted by atomic mass is 32.2. The number of nitrogens with one attached hydrogen (secondary N) is 1. The third kappa shape index (κ3) is 6.96. The highest BCUT2D eigenvalue weighted by molar-refractivity contribution is 7.92. The summed E-state index contributed by atoms with van der Waals surface area (Å²) in [5.74, 6) is -0.473. The predicted molar refractivity (Wildman–Crippen MR) is 134 cm³/mol. The minimum atomic E-state index is -3.84. The first-order chi connectivity index (χ1) is 15.8. The number of rotatable bonds is 10. The van der Waals surface area contributed by atoms with Crippen LogP contribution in [0.2, 0.25) is 0 Å². The molecule has 8 nitrogen and oxygen atoms in total. The van der Waals surface area contributed by atoms with Crippen LogP contribution in [0, 0.1) is 13.8 Å². The summed E-state index contributed by atoms with van der Waals surface area (Å²) in [7, 11) is -2.39. The first kappa shape index (κ1) is 27.2. The number of aryl methyl sites for hydroxylation is 2. The summed E-state index contributed by atoms with van der Waals surface area (Å²) < 4.78 is 31.9. The van der Waals surface area contributed by atoms with Crippen molar-refractivity contribution >= 4 is 27.5 Å². The summed E-state index contributed by atoms with van der Waals surface area (Å²) in [6, 6.07) is 11.8. The molecule has 0 radical (unpaired) electrons. The van der Waals surface area contributed by atoms with Crippen molar-refractivity contribution in [2.75, 3.05) is 24.2 Å². The van der Waals surface area contributed by atoms with Crippen molar-refractivity contribution in [1.82, 2.24) is 10.2 Å². The second kappa shape index (κ2) is 11.4. The van der Waals surface area contributed by atoms with E-state index in [1.165, 1.54) is 12.0 Å². The zero-order valence-corrected chi connectivity index (χ0v) is 21.8. The zero-order valence-electron chi connectivity index (χ0n) is 21.0. The molecule has 1 atom stereocenters. The number of ether oxygens (including phenoxy) is 1. The Morgan fingerprint density at radius 1 is 1.06 bits per heavy atom. The van der Waals surface area contributed by atoms with Gasteiger partial charge in [-0.1, -0.05) is 30.3 Å². The molecule has 0 aliphatic carbocycles. The first-order valence-corrected chi connectivity index (χ1v) is 13.0. The van der Waals surface area contributed by atoms with Gasteiger partial charge < -0.3 is 15.0 Å². The molecule has 0 aliphatic rings. The van der Waals surface area contributed by atoms with Crippen LogP contribution < -0.4 is 14.4 Å². The lowest BCUT2D eigenvalue weighted by molar-refractivity contribution is -0.139. The molecule has 0 heterocycles. The van der Waals surface area contributed by atoms with Crippen LogP contribution in [0.15, 0.2) is 42.5 Å². The minimum absolute atomic E-state index is 0.102. The van der Waals surface area contributed by atoms with E-state index < -0.39 is 28.5 Å². The number of amides is 2. The van der Waals surface area contributed by atoms with Crippen molar-refractivity contribution in [2.45, 2.75) is 53.2 Å². The van der Waals surface area contributed by atoms with Crippen LogP contribution >= 0.6 is 0 Å². The van der Waals surface area contributed by atoms with Crippen LogP contribution in [-0.4, -0.2) is 57.1 Å². The molecule has 0 aliphatic heterocycles. The SMILES string of the molecule is COc1ccc(C)cc1N(CC(=O)N(Cc1ccccc1C)[C@H](C)C(=O)NC(C)C)S(C)(=O)=O. The van der Waals surface area contributed by atoms with Gasteiger partial charge in [0, 0.05) is 12.6 Å². The van der Waals surface area contributed by atoms with E-state index in [1.54, 1.807) is 25.1 Å². The minimum Gasteiger partial charge on any atom is -0.495 e. The molecule has 2 aromatic carbocycles. The Bertz CT molecular complexity index is 1130. The van der Waals surface area contributed by atoms with Crippen molar-refractivity contribution in [1.29, 1.82) is 0 Å². The molecule has 0 saturated carbocycles. The van der Waals surface area contributed by atoms with E-state index in [2.05, 4.69) is 5.32 Å². The standard InChI is InChI=1S/C25H35N3O5S/c1-17(2)26-25(30)20(5)27(15-21-11-9-8-10-19(21)4)24(29)16-28(34(7,31)32)22-14-18(3)12-13-23(22)33-6/h8-14,17,20H,15-16H2,1-7H3,(H,26,30)/t20-/m1/s1. The van der Waals surface area contributed by atoms with Crippen LogP contribution in [0.5, 0.6) is 5.75 Å². The Morgan fingerprint density at radius 2 is 1.71 bits per heavy atom. The van der Waals surface area contributed by atoms with E-state index in [0.29, 0.717) is 5.75 Å². The van der Waals surface area contributed by atoms with E-state index in [9.17, 15) is 18.0 Å². The average molecular weight is 490 g/mol. The molecule has 0 bridgehead atoms. The van der Waals surface area contributed by atoms with E-state index in [0.717, 1.165) is 27.3 Å². The molecule has 2 rings (SSSR count). The van der Waals surface area contributed by atoms with Crippen LogP contribution in [-0.2, 0) is 26.2 Å². The molecule has 0 saturated heterocycles. The van der Waals surface area contributed by atoms with Gasteiger partial charge in [0.05, 0.1) is 19.1 Å². The normalized spacial score (nSPS) is 12.2. The number of hydrogen-bond donors (Lipinski definition) is 1. The Kier molecular flexibility index (Phi) is 9.09. The Morgan fingerprint density at radius 3 is 2.26 bits per heavy atom. The maximum Gasteiger partial charge on any atom is 0.244 e. The topological polar surface area (TPSA) is 96.0 Å². The molecule has 0 spiro atoms. The lowest BCUT2D eigenvalue weighted by Gasteiger charge is -2.32. The molecule has 9 heteroatoms. The van der Waals surface area contributed by atoms with Crippen LogP contribution in [0.25, 0.3) is 0 Å². The number of nitrogens with zero attached hydrogens (tertiary/aromatic N) is 2. The van der Waals surface area contributed by atoms with Gasteiger partial charge in [0.2, 0.25) is 21.8 Å². The van der Waals surface area contributed by atoms with Gasteiger partial charge in [-0.25, -0.2) is 8.42 Å².